The van der Waals surface area contributed by atoms with Crippen LogP contribution in [-0.4, -0.2) is 42.0 Å². The molecule has 4 unspecified atom stereocenters. The lowest BCUT2D eigenvalue weighted by molar-refractivity contribution is -0.137. The fraction of sp³-hybridized carbons (Fsp3) is 0.750. The summed E-state index contributed by atoms with van der Waals surface area (Å²) in [7, 11) is 0. The van der Waals surface area contributed by atoms with E-state index in [0.29, 0.717) is 11.8 Å². The first kappa shape index (κ1) is 13.8. The maximum atomic E-state index is 12.0. The van der Waals surface area contributed by atoms with Gasteiger partial charge in [-0.05, 0) is 31.1 Å². The van der Waals surface area contributed by atoms with Crippen LogP contribution in [0.25, 0.3) is 0 Å². The summed E-state index contributed by atoms with van der Waals surface area (Å²) in [5, 5.41) is 13.1. The molecular weight excluding hydrogens is 250 g/mol. The predicted molar refractivity (Wildman–Crippen MR) is 66.0 cm³/mol. The summed E-state index contributed by atoms with van der Waals surface area (Å²) in [5.41, 5.74) is 6.03. The normalized spacial score (nSPS) is 32.1. The van der Waals surface area contributed by atoms with Gasteiger partial charge in [0, 0.05) is 6.04 Å². The number of fused-ring (bicyclic) bond motifs is 2. The lowest BCUT2D eigenvalue weighted by Gasteiger charge is -2.26. The first-order valence-electron chi connectivity index (χ1n) is 6.51. The molecule has 0 saturated heterocycles. The molecule has 5 N–H and O–H groups in total. The number of carboxylic acids is 1. The molecule has 2 rings (SSSR count). The molecule has 106 valence electrons. The summed E-state index contributed by atoms with van der Waals surface area (Å²) in [6, 6.07) is -0.110. The van der Waals surface area contributed by atoms with Crippen molar-refractivity contribution in [2.45, 2.75) is 25.3 Å². The largest absolute Gasteiger partial charge is 0.480 e. The third kappa shape index (κ3) is 3.04. The minimum absolute atomic E-state index is 0.110. The number of hydrogen-bond donors (Lipinski definition) is 4. The monoisotopic (exact) mass is 269 g/mol. The van der Waals surface area contributed by atoms with Crippen LogP contribution in [0.1, 0.15) is 19.3 Å². The minimum Gasteiger partial charge on any atom is -0.480 e. The molecule has 7 heteroatoms. The third-order valence-electron chi connectivity index (χ3n) is 4.14. The van der Waals surface area contributed by atoms with Gasteiger partial charge in [0.1, 0.15) is 6.54 Å². The highest BCUT2D eigenvalue weighted by Gasteiger charge is 2.48. The molecule has 0 aromatic rings. The van der Waals surface area contributed by atoms with Gasteiger partial charge >= 0.3 is 5.97 Å². The number of rotatable bonds is 5. The zero-order valence-electron chi connectivity index (χ0n) is 10.6. The van der Waals surface area contributed by atoms with Crippen LogP contribution in [0.15, 0.2) is 0 Å². The van der Waals surface area contributed by atoms with Crippen LogP contribution >= 0.6 is 0 Å². The van der Waals surface area contributed by atoms with E-state index < -0.39 is 18.4 Å². The van der Waals surface area contributed by atoms with E-state index in [1.807, 2.05) is 0 Å². The Balaban J connectivity index is 1.76. The number of nitrogens with two attached hydrogens (primary N) is 1. The van der Waals surface area contributed by atoms with Crippen LogP contribution in [0.3, 0.4) is 0 Å². The Labute approximate surface area is 110 Å². The van der Waals surface area contributed by atoms with Gasteiger partial charge in [0.25, 0.3) is 0 Å². The molecule has 7 nitrogen and oxygen atoms in total. The van der Waals surface area contributed by atoms with Gasteiger partial charge in [-0.15, -0.1) is 0 Å². The van der Waals surface area contributed by atoms with Crippen molar-refractivity contribution in [1.29, 1.82) is 0 Å². The highest BCUT2D eigenvalue weighted by Crippen LogP contribution is 2.47. The molecule has 0 radical (unpaired) electrons. The van der Waals surface area contributed by atoms with Crippen LogP contribution in [0.5, 0.6) is 0 Å². The van der Waals surface area contributed by atoms with Crippen molar-refractivity contribution in [1.82, 2.24) is 10.6 Å². The van der Waals surface area contributed by atoms with Gasteiger partial charge in [0.15, 0.2) is 0 Å². The third-order valence-corrected chi connectivity index (χ3v) is 4.14. The number of aliphatic carboxylic acids is 1. The zero-order valence-corrected chi connectivity index (χ0v) is 10.6. The van der Waals surface area contributed by atoms with Crippen LogP contribution in [0.2, 0.25) is 0 Å². The van der Waals surface area contributed by atoms with Crippen LogP contribution in [-0.2, 0) is 14.4 Å². The van der Waals surface area contributed by atoms with Gasteiger partial charge in [0.2, 0.25) is 11.8 Å². The van der Waals surface area contributed by atoms with Crippen molar-refractivity contribution in [3.8, 4) is 0 Å². The Hall–Kier alpha value is -1.63. The second kappa shape index (κ2) is 5.56. The van der Waals surface area contributed by atoms with Gasteiger partial charge in [0.05, 0.1) is 12.5 Å². The first-order chi connectivity index (χ1) is 8.99. The number of carbonyl (C=O) groups is 3. The number of hydrogen-bond acceptors (Lipinski definition) is 4. The summed E-state index contributed by atoms with van der Waals surface area (Å²) >= 11 is 0. The SMILES string of the molecule is NC1C2CCC(C2)C1C(=O)NCC(=O)NCC(=O)O. The lowest BCUT2D eigenvalue weighted by Crippen LogP contribution is -2.47. The first-order valence-corrected chi connectivity index (χ1v) is 6.51. The zero-order chi connectivity index (χ0) is 14.0. The van der Waals surface area contributed by atoms with Gasteiger partial charge in [-0.2, -0.15) is 0 Å². The average molecular weight is 269 g/mol. The highest BCUT2D eigenvalue weighted by molar-refractivity contribution is 5.88. The molecule has 2 aliphatic rings. The summed E-state index contributed by atoms with van der Waals surface area (Å²) in [6.07, 6.45) is 3.13. The topological polar surface area (TPSA) is 122 Å². The van der Waals surface area contributed by atoms with Gasteiger partial charge in [-0.3, -0.25) is 14.4 Å². The number of carbonyl (C=O) groups excluding carboxylic acids is 2. The molecule has 0 spiro atoms. The molecule has 2 bridgehead atoms. The average Bonchev–Trinajstić information content (AvgIpc) is 2.94. The number of amides is 2. The number of carboxylic acid groups (broad SMARTS) is 1. The summed E-state index contributed by atoms with van der Waals surface area (Å²) in [5.74, 6) is -1.25. The molecule has 19 heavy (non-hydrogen) atoms. The van der Waals surface area contributed by atoms with E-state index in [1.54, 1.807) is 0 Å². The van der Waals surface area contributed by atoms with E-state index in [4.69, 9.17) is 10.8 Å². The van der Waals surface area contributed by atoms with Crippen molar-refractivity contribution < 1.29 is 19.5 Å². The van der Waals surface area contributed by atoms with Crippen LogP contribution < -0.4 is 16.4 Å². The summed E-state index contributed by atoms with van der Waals surface area (Å²) in [6.45, 7) is -0.644. The second-order valence-electron chi connectivity index (χ2n) is 5.32. The van der Waals surface area contributed by atoms with Gasteiger partial charge in [-0.1, -0.05) is 0 Å². The fourth-order valence-electron chi connectivity index (χ4n) is 3.25. The van der Waals surface area contributed by atoms with Crippen molar-refractivity contribution in [3.05, 3.63) is 0 Å². The van der Waals surface area contributed by atoms with E-state index in [1.165, 1.54) is 0 Å². The maximum Gasteiger partial charge on any atom is 0.322 e. The predicted octanol–water partition coefficient (Wildman–Crippen LogP) is -1.32. The second-order valence-corrected chi connectivity index (χ2v) is 5.32. The Morgan fingerprint density at radius 3 is 2.37 bits per heavy atom. The lowest BCUT2D eigenvalue weighted by atomic mass is 9.84. The smallest absolute Gasteiger partial charge is 0.322 e. The van der Waals surface area contributed by atoms with Crippen molar-refractivity contribution >= 4 is 17.8 Å². The Morgan fingerprint density at radius 2 is 1.79 bits per heavy atom. The van der Waals surface area contributed by atoms with Crippen LogP contribution in [0.4, 0.5) is 0 Å². The molecule has 4 atom stereocenters. The van der Waals surface area contributed by atoms with Gasteiger partial charge in [-0.25, -0.2) is 0 Å². The Bertz CT molecular complexity index is 396. The van der Waals surface area contributed by atoms with E-state index in [2.05, 4.69) is 10.6 Å². The van der Waals surface area contributed by atoms with E-state index in [0.717, 1.165) is 19.3 Å². The quantitative estimate of drug-likeness (QED) is 0.493. The van der Waals surface area contributed by atoms with Crippen molar-refractivity contribution in [3.63, 3.8) is 0 Å². The van der Waals surface area contributed by atoms with Crippen molar-refractivity contribution in [2.75, 3.05) is 13.1 Å². The highest BCUT2D eigenvalue weighted by atomic mass is 16.4. The molecule has 0 aromatic carbocycles. The van der Waals surface area contributed by atoms with E-state index in [9.17, 15) is 14.4 Å². The molecule has 0 heterocycles. The summed E-state index contributed by atoms with van der Waals surface area (Å²) in [4.78, 5) is 33.6. The van der Waals surface area contributed by atoms with E-state index >= 15 is 0 Å². The number of nitrogens with one attached hydrogen (secondary N) is 2. The Morgan fingerprint density at radius 1 is 1.11 bits per heavy atom. The van der Waals surface area contributed by atoms with Crippen molar-refractivity contribution in [2.24, 2.45) is 23.5 Å². The van der Waals surface area contributed by atoms with Crippen LogP contribution in [0, 0.1) is 17.8 Å². The Kier molecular flexibility index (Phi) is 4.04. The minimum atomic E-state index is -1.12. The van der Waals surface area contributed by atoms with E-state index in [-0.39, 0.29) is 24.4 Å². The fourth-order valence-corrected chi connectivity index (χ4v) is 3.25. The standard InChI is InChI=1S/C12H19N3O4/c13-11-7-2-1-6(3-7)10(11)12(19)15-4-8(16)14-5-9(17)18/h6-7,10-11H,1-5,13H2,(H,14,16)(H,15,19)(H,17,18). The molecule has 2 aliphatic carbocycles. The molecule has 0 aromatic heterocycles. The van der Waals surface area contributed by atoms with Gasteiger partial charge < -0.3 is 21.5 Å². The molecule has 0 aliphatic heterocycles. The molecule has 2 fully saturated rings. The summed E-state index contributed by atoms with van der Waals surface area (Å²) < 4.78 is 0. The molecule has 2 saturated carbocycles. The molecular formula is C12H19N3O4. The molecule has 2 amide bonds. The maximum absolute atomic E-state index is 12.0.